The molecule has 0 spiro atoms. The molecule has 4 nitrogen and oxygen atoms in total. The lowest BCUT2D eigenvalue weighted by molar-refractivity contribution is -0.123. The second-order valence-corrected chi connectivity index (χ2v) is 5.77. The minimum Gasteiger partial charge on any atom is -0.508 e. The monoisotopic (exact) mass is 276 g/mol. The van der Waals surface area contributed by atoms with Crippen LogP contribution in [0.1, 0.15) is 38.2 Å². The van der Waals surface area contributed by atoms with Gasteiger partial charge in [-0.15, -0.1) is 0 Å². The molecule has 1 aliphatic rings. The summed E-state index contributed by atoms with van der Waals surface area (Å²) in [7, 11) is 0. The van der Waals surface area contributed by atoms with Gasteiger partial charge in [0.1, 0.15) is 5.75 Å². The highest BCUT2D eigenvalue weighted by Gasteiger charge is 2.26. The van der Waals surface area contributed by atoms with Gasteiger partial charge in [0.25, 0.3) is 0 Å². The molecular weight excluding hydrogens is 252 g/mol. The molecule has 1 fully saturated rings. The third-order valence-corrected chi connectivity index (χ3v) is 3.88. The standard InChI is InChI=1S/C16H24N2O2/c1-2-13(9-11-3-4-11)18-16(20)15(17)10-12-5-7-14(19)8-6-12/h5-8,11,13,15,19H,2-4,9-10,17H2,1H3,(H,18,20). The van der Waals surface area contributed by atoms with E-state index in [4.69, 9.17) is 5.73 Å². The molecule has 0 heterocycles. The third-order valence-electron chi connectivity index (χ3n) is 3.88. The highest BCUT2D eigenvalue weighted by molar-refractivity contribution is 5.82. The van der Waals surface area contributed by atoms with Gasteiger partial charge in [0, 0.05) is 6.04 Å². The second-order valence-electron chi connectivity index (χ2n) is 5.77. The minimum atomic E-state index is -0.534. The van der Waals surface area contributed by atoms with E-state index < -0.39 is 6.04 Å². The van der Waals surface area contributed by atoms with Crippen LogP contribution in [0.3, 0.4) is 0 Å². The van der Waals surface area contributed by atoms with Gasteiger partial charge in [-0.05, 0) is 42.9 Å². The van der Waals surface area contributed by atoms with Gasteiger partial charge in [-0.25, -0.2) is 0 Å². The van der Waals surface area contributed by atoms with E-state index in [1.807, 2.05) is 0 Å². The number of carbonyl (C=O) groups excluding carboxylic acids is 1. The van der Waals surface area contributed by atoms with Crippen LogP contribution in [0.2, 0.25) is 0 Å². The highest BCUT2D eigenvalue weighted by Crippen LogP contribution is 2.34. The molecule has 110 valence electrons. The number of rotatable bonds is 7. The molecule has 1 aliphatic carbocycles. The Kier molecular flexibility index (Phi) is 5.01. The van der Waals surface area contributed by atoms with Gasteiger partial charge in [-0.2, -0.15) is 0 Å². The lowest BCUT2D eigenvalue weighted by atomic mass is 10.0. The molecule has 1 saturated carbocycles. The van der Waals surface area contributed by atoms with E-state index in [0.29, 0.717) is 6.42 Å². The molecule has 2 unspecified atom stereocenters. The van der Waals surface area contributed by atoms with Crippen molar-refractivity contribution >= 4 is 5.91 Å². The number of aromatic hydroxyl groups is 1. The van der Waals surface area contributed by atoms with E-state index in [0.717, 1.165) is 24.3 Å². The topological polar surface area (TPSA) is 75.4 Å². The van der Waals surface area contributed by atoms with E-state index in [1.165, 1.54) is 12.8 Å². The van der Waals surface area contributed by atoms with Gasteiger partial charge in [-0.1, -0.05) is 31.9 Å². The van der Waals surface area contributed by atoms with Crippen molar-refractivity contribution < 1.29 is 9.90 Å². The number of hydrogen-bond donors (Lipinski definition) is 3. The lowest BCUT2D eigenvalue weighted by Crippen LogP contribution is -2.46. The summed E-state index contributed by atoms with van der Waals surface area (Å²) in [4.78, 5) is 12.1. The largest absolute Gasteiger partial charge is 0.508 e. The van der Waals surface area contributed by atoms with Crippen molar-refractivity contribution in [1.82, 2.24) is 5.32 Å². The molecule has 2 rings (SSSR count). The normalized spacial score (nSPS) is 17.5. The van der Waals surface area contributed by atoms with Crippen molar-refractivity contribution in [3.8, 4) is 5.75 Å². The maximum absolute atomic E-state index is 12.1. The molecular formula is C16H24N2O2. The number of nitrogens with one attached hydrogen (secondary N) is 1. The van der Waals surface area contributed by atoms with Gasteiger partial charge in [-0.3, -0.25) is 4.79 Å². The van der Waals surface area contributed by atoms with Crippen molar-refractivity contribution in [3.63, 3.8) is 0 Å². The Labute approximate surface area is 120 Å². The molecule has 1 aromatic carbocycles. The van der Waals surface area contributed by atoms with E-state index in [1.54, 1.807) is 24.3 Å². The fraction of sp³-hybridized carbons (Fsp3) is 0.562. The van der Waals surface area contributed by atoms with Crippen molar-refractivity contribution in [3.05, 3.63) is 29.8 Å². The predicted molar refractivity (Wildman–Crippen MR) is 79.3 cm³/mol. The zero-order chi connectivity index (χ0) is 14.5. The quantitative estimate of drug-likeness (QED) is 0.712. The van der Waals surface area contributed by atoms with Crippen LogP contribution in [0.15, 0.2) is 24.3 Å². The second kappa shape index (κ2) is 6.75. The molecule has 1 amide bonds. The summed E-state index contributed by atoms with van der Waals surface area (Å²) in [6.45, 7) is 2.10. The maximum Gasteiger partial charge on any atom is 0.237 e. The molecule has 0 radical (unpaired) electrons. The summed E-state index contributed by atoms with van der Waals surface area (Å²) in [5.41, 5.74) is 6.92. The van der Waals surface area contributed by atoms with E-state index in [-0.39, 0.29) is 17.7 Å². The first-order valence-electron chi connectivity index (χ1n) is 7.42. The number of carbonyl (C=O) groups is 1. The Balaban J connectivity index is 1.82. The molecule has 0 saturated heterocycles. The number of benzene rings is 1. The van der Waals surface area contributed by atoms with Crippen LogP contribution in [0.25, 0.3) is 0 Å². The summed E-state index contributed by atoms with van der Waals surface area (Å²) in [6, 6.07) is 6.53. The number of nitrogens with two attached hydrogens (primary N) is 1. The Morgan fingerprint density at radius 3 is 2.60 bits per heavy atom. The predicted octanol–water partition coefficient (Wildman–Crippen LogP) is 1.96. The Bertz CT molecular complexity index is 440. The smallest absolute Gasteiger partial charge is 0.237 e. The SMILES string of the molecule is CCC(CC1CC1)NC(=O)C(N)Cc1ccc(O)cc1. The maximum atomic E-state index is 12.1. The molecule has 20 heavy (non-hydrogen) atoms. The minimum absolute atomic E-state index is 0.0782. The van der Waals surface area contributed by atoms with Crippen LogP contribution < -0.4 is 11.1 Å². The zero-order valence-corrected chi connectivity index (χ0v) is 12.0. The summed E-state index contributed by atoms with van der Waals surface area (Å²) in [5.74, 6) is 0.946. The lowest BCUT2D eigenvalue weighted by Gasteiger charge is -2.19. The molecule has 0 aromatic heterocycles. The summed E-state index contributed by atoms with van der Waals surface area (Å²) < 4.78 is 0. The molecule has 4 heteroatoms. The number of amides is 1. The number of hydrogen-bond acceptors (Lipinski definition) is 3. The fourth-order valence-electron chi connectivity index (χ4n) is 2.37. The van der Waals surface area contributed by atoms with Crippen LogP contribution in [0.5, 0.6) is 5.75 Å². The van der Waals surface area contributed by atoms with Crippen molar-refractivity contribution in [1.29, 1.82) is 0 Å². The molecule has 0 aliphatic heterocycles. The average molecular weight is 276 g/mol. The first kappa shape index (κ1) is 14.9. The van der Waals surface area contributed by atoms with Crippen molar-refractivity contribution in [2.75, 3.05) is 0 Å². The van der Waals surface area contributed by atoms with Crippen LogP contribution >= 0.6 is 0 Å². The Morgan fingerprint density at radius 2 is 2.05 bits per heavy atom. The van der Waals surface area contributed by atoms with Crippen LogP contribution in [-0.4, -0.2) is 23.1 Å². The Morgan fingerprint density at radius 1 is 1.40 bits per heavy atom. The summed E-state index contributed by atoms with van der Waals surface area (Å²) in [6.07, 6.45) is 5.12. The fourth-order valence-corrected chi connectivity index (χ4v) is 2.37. The van der Waals surface area contributed by atoms with E-state index in [9.17, 15) is 9.90 Å². The Hall–Kier alpha value is -1.55. The molecule has 4 N–H and O–H groups in total. The van der Waals surface area contributed by atoms with Gasteiger partial charge in [0.15, 0.2) is 0 Å². The molecule has 0 bridgehead atoms. The van der Waals surface area contributed by atoms with Crippen LogP contribution in [-0.2, 0) is 11.2 Å². The summed E-state index contributed by atoms with van der Waals surface area (Å²) >= 11 is 0. The van der Waals surface area contributed by atoms with Crippen LogP contribution in [0.4, 0.5) is 0 Å². The first-order valence-corrected chi connectivity index (χ1v) is 7.42. The average Bonchev–Trinajstić information content (AvgIpc) is 3.24. The van der Waals surface area contributed by atoms with Gasteiger partial charge in [0.2, 0.25) is 5.91 Å². The zero-order valence-electron chi connectivity index (χ0n) is 12.0. The first-order chi connectivity index (χ1) is 9.58. The van der Waals surface area contributed by atoms with Gasteiger partial charge < -0.3 is 16.2 Å². The molecule has 2 atom stereocenters. The summed E-state index contributed by atoms with van der Waals surface area (Å²) in [5, 5.41) is 12.3. The van der Waals surface area contributed by atoms with Crippen LogP contribution in [0, 0.1) is 5.92 Å². The number of phenols is 1. The highest BCUT2D eigenvalue weighted by atomic mass is 16.3. The molecule has 1 aromatic rings. The number of phenolic OH excluding ortho intramolecular Hbond substituents is 1. The third kappa shape index (κ3) is 4.53. The van der Waals surface area contributed by atoms with Gasteiger partial charge in [0.05, 0.1) is 6.04 Å². The van der Waals surface area contributed by atoms with E-state index in [2.05, 4.69) is 12.2 Å². The van der Waals surface area contributed by atoms with E-state index >= 15 is 0 Å². The van der Waals surface area contributed by atoms with Crippen molar-refractivity contribution in [2.24, 2.45) is 11.7 Å². The van der Waals surface area contributed by atoms with Crippen molar-refractivity contribution in [2.45, 2.75) is 51.1 Å². The van der Waals surface area contributed by atoms with Gasteiger partial charge >= 0.3 is 0 Å².